The van der Waals surface area contributed by atoms with Crippen LogP contribution < -0.4 is 10.6 Å². The van der Waals surface area contributed by atoms with E-state index in [-0.39, 0.29) is 6.03 Å². The van der Waals surface area contributed by atoms with Gasteiger partial charge in [-0.25, -0.2) is 4.79 Å². The van der Waals surface area contributed by atoms with Crippen molar-refractivity contribution in [2.45, 2.75) is 64.0 Å². The molecule has 1 atom stereocenters. The number of nitrogens with one attached hydrogen (secondary N) is 2. The Morgan fingerprint density at radius 1 is 1.11 bits per heavy atom. The summed E-state index contributed by atoms with van der Waals surface area (Å²) < 4.78 is 0. The van der Waals surface area contributed by atoms with E-state index < -0.39 is 0 Å². The molecule has 18 heavy (non-hydrogen) atoms. The zero-order valence-electron chi connectivity index (χ0n) is 11.6. The normalized spacial score (nSPS) is 26.1. The molecular formula is C14H27N3O. The summed E-state index contributed by atoms with van der Waals surface area (Å²) in [5.74, 6) is 0. The third-order valence-corrected chi connectivity index (χ3v) is 4.13. The first-order valence-corrected chi connectivity index (χ1v) is 7.58. The first-order valence-electron chi connectivity index (χ1n) is 7.58. The van der Waals surface area contributed by atoms with Crippen LogP contribution in [-0.4, -0.2) is 42.6 Å². The summed E-state index contributed by atoms with van der Waals surface area (Å²) in [5.41, 5.74) is 0. The molecule has 2 N–H and O–H groups in total. The topological polar surface area (TPSA) is 44.4 Å². The van der Waals surface area contributed by atoms with Gasteiger partial charge in [0.25, 0.3) is 0 Å². The van der Waals surface area contributed by atoms with Gasteiger partial charge in [-0.3, -0.25) is 0 Å². The molecule has 2 fully saturated rings. The van der Waals surface area contributed by atoms with Crippen LogP contribution in [0.4, 0.5) is 4.79 Å². The first-order chi connectivity index (χ1) is 8.79. The second-order valence-corrected chi connectivity index (χ2v) is 5.63. The first kappa shape index (κ1) is 13.7. The van der Waals surface area contributed by atoms with Crippen LogP contribution in [0.2, 0.25) is 0 Å². The molecule has 104 valence electrons. The lowest BCUT2D eigenvalue weighted by Gasteiger charge is -2.34. The number of piperidine rings is 1. The van der Waals surface area contributed by atoms with Crippen LogP contribution in [-0.2, 0) is 0 Å². The summed E-state index contributed by atoms with van der Waals surface area (Å²) >= 11 is 0. The molecule has 0 spiro atoms. The Morgan fingerprint density at radius 2 is 1.83 bits per heavy atom. The smallest absolute Gasteiger partial charge is 0.317 e. The fourth-order valence-corrected chi connectivity index (χ4v) is 3.13. The van der Waals surface area contributed by atoms with Crippen LogP contribution in [0.25, 0.3) is 0 Å². The van der Waals surface area contributed by atoms with E-state index in [4.69, 9.17) is 0 Å². The summed E-state index contributed by atoms with van der Waals surface area (Å²) in [6, 6.07) is 1.07. The average Bonchev–Trinajstić information content (AvgIpc) is 2.40. The number of carbonyl (C=O) groups is 1. The third-order valence-electron chi connectivity index (χ3n) is 4.13. The van der Waals surface area contributed by atoms with Crippen molar-refractivity contribution in [3.63, 3.8) is 0 Å². The number of nitrogens with zero attached hydrogens (tertiary/aromatic N) is 1. The molecule has 4 nitrogen and oxygen atoms in total. The van der Waals surface area contributed by atoms with E-state index in [0.717, 1.165) is 38.9 Å². The SMILES string of the molecule is CCNC1CCCN(C(=O)NC2CCCCC2)C1. The number of amides is 2. The maximum atomic E-state index is 12.2. The van der Waals surface area contributed by atoms with Crippen molar-refractivity contribution in [1.29, 1.82) is 0 Å². The van der Waals surface area contributed by atoms with Crippen molar-refractivity contribution in [2.24, 2.45) is 0 Å². The minimum absolute atomic E-state index is 0.157. The molecule has 0 aromatic rings. The molecule has 1 aliphatic carbocycles. The van der Waals surface area contributed by atoms with Crippen molar-refractivity contribution in [2.75, 3.05) is 19.6 Å². The number of urea groups is 1. The number of likely N-dealkylation sites (N-methyl/N-ethyl adjacent to an activating group) is 1. The molecule has 1 saturated heterocycles. The van der Waals surface area contributed by atoms with Gasteiger partial charge in [-0.1, -0.05) is 26.2 Å². The predicted octanol–water partition coefficient (Wildman–Crippen LogP) is 2.10. The second-order valence-electron chi connectivity index (χ2n) is 5.63. The van der Waals surface area contributed by atoms with Crippen molar-refractivity contribution in [3.8, 4) is 0 Å². The molecular weight excluding hydrogens is 226 g/mol. The molecule has 0 bridgehead atoms. The van der Waals surface area contributed by atoms with E-state index in [1.807, 2.05) is 4.90 Å². The van der Waals surface area contributed by atoms with Gasteiger partial charge in [0.1, 0.15) is 0 Å². The number of likely N-dealkylation sites (tertiary alicyclic amines) is 1. The molecule has 0 aromatic carbocycles. The fraction of sp³-hybridized carbons (Fsp3) is 0.929. The molecule has 1 saturated carbocycles. The van der Waals surface area contributed by atoms with Crippen LogP contribution >= 0.6 is 0 Å². The van der Waals surface area contributed by atoms with E-state index in [1.165, 1.54) is 25.7 Å². The lowest BCUT2D eigenvalue weighted by atomic mass is 9.95. The predicted molar refractivity (Wildman–Crippen MR) is 73.7 cm³/mol. The van der Waals surface area contributed by atoms with Crippen LogP contribution in [0, 0.1) is 0 Å². The average molecular weight is 253 g/mol. The highest BCUT2D eigenvalue weighted by molar-refractivity contribution is 5.74. The molecule has 4 heteroatoms. The Kier molecular flexibility index (Phi) is 5.29. The number of carbonyl (C=O) groups excluding carboxylic acids is 1. The molecule has 2 aliphatic rings. The van der Waals surface area contributed by atoms with Crippen LogP contribution in [0.1, 0.15) is 51.9 Å². The van der Waals surface area contributed by atoms with E-state index in [2.05, 4.69) is 17.6 Å². The summed E-state index contributed by atoms with van der Waals surface area (Å²) in [5, 5.41) is 6.66. The Bertz CT molecular complexity index is 262. The van der Waals surface area contributed by atoms with Gasteiger partial charge in [-0.2, -0.15) is 0 Å². The Morgan fingerprint density at radius 3 is 2.56 bits per heavy atom. The van der Waals surface area contributed by atoms with Crippen molar-refractivity contribution < 1.29 is 4.79 Å². The highest BCUT2D eigenvalue weighted by Gasteiger charge is 2.25. The molecule has 1 unspecified atom stereocenters. The molecule has 0 radical (unpaired) electrons. The van der Waals surface area contributed by atoms with Gasteiger partial charge < -0.3 is 15.5 Å². The monoisotopic (exact) mass is 253 g/mol. The Balaban J connectivity index is 1.76. The quantitative estimate of drug-likeness (QED) is 0.809. The van der Waals surface area contributed by atoms with Gasteiger partial charge in [-0.15, -0.1) is 0 Å². The van der Waals surface area contributed by atoms with E-state index in [1.54, 1.807) is 0 Å². The van der Waals surface area contributed by atoms with Crippen LogP contribution in [0.15, 0.2) is 0 Å². The second kappa shape index (κ2) is 6.98. The number of hydrogen-bond donors (Lipinski definition) is 2. The third kappa shape index (κ3) is 3.87. The standard InChI is InChI=1S/C14H27N3O/c1-2-15-13-9-6-10-17(11-13)14(18)16-12-7-4-3-5-8-12/h12-13,15H,2-11H2,1H3,(H,16,18). The van der Waals surface area contributed by atoms with Crippen molar-refractivity contribution in [3.05, 3.63) is 0 Å². The zero-order valence-corrected chi connectivity index (χ0v) is 11.6. The van der Waals surface area contributed by atoms with E-state index >= 15 is 0 Å². The fourth-order valence-electron chi connectivity index (χ4n) is 3.13. The lowest BCUT2D eigenvalue weighted by Crippen LogP contribution is -2.53. The summed E-state index contributed by atoms with van der Waals surface area (Å²) in [6.07, 6.45) is 8.51. The molecule has 1 heterocycles. The van der Waals surface area contributed by atoms with Crippen LogP contribution in [0.3, 0.4) is 0 Å². The molecule has 1 aliphatic heterocycles. The van der Waals surface area contributed by atoms with Gasteiger partial charge in [0.2, 0.25) is 0 Å². The lowest BCUT2D eigenvalue weighted by molar-refractivity contribution is 0.167. The van der Waals surface area contributed by atoms with Gasteiger partial charge in [0, 0.05) is 25.2 Å². The van der Waals surface area contributed by atoms with E-state index in [0.29, 0.717) is 12.1 Å². The van der Waals surface area contributed by atoms with E-state index in [9.17, 15) is 4.79 Å². The molecule has 0 aromatic heterocycles. The van der Waals surface area contributed by atoms with Gasteiger partial charge >= 0.3 is 6.03 Å². The largest absolute Gasteiger partial charge is 0.335 e. The maximum absolute atomic E-state index is 12.2. The number of rotatable bonds is 3. The van der Waals surface area contributed by atoms with Crippen molar-refractivity contribution in [1.82, 2.24) is 15.5 Å². The highest BCUT2D eigenvalue weighted by atomic mass is 16.2. The minimum Gasteiger partial charge on any atom is -0.335 e. The van der Waals surface area contributed by atoms with Gasteiger partial charge in [0.05, 0.1) is 0 Å². The molecule has 2 amide bonds. The molecule has 2 rings (SSSR count). The zero-order chi connectivity index (χ0) is 12.8. The highest BCUT2D eigenvalue weighted by Crippen LogP contribution is 2.18. The minimum atomic E-state index is 0.157. The number of hydrogen-bond acceptors (Lipinski definition) is 2. The Labute approximate surface area is 110 Å². The maximum Gasteiger partial charge on any atom is 0.317 e. The Hall–Kier alpha value is -0.770. The van der Waals surface area contributed by atoms with Crippen LogP contribution in [0.5, 0.6) is 0 Å². The van der Waals surface area contributed by atoms with Gasteiger partial charge in [0.15, 0.2) is 0 Å². The van der Waals surface area contributed by atoms with Gasteiger partial charge in [-0.05, 0) is 32.2 Å². The summed E-state index contributed by atoms with van der Waals surface area (Å²) in [4.78, 5) is 14.2. The van der Waals surface area contributed by atoms with Crippen molar-refractivity contribution >= 4 is 6.03 Å². The summed E-state index contributed by atoms with van der Waals surface area (Å²) in [7, 11) is 0. The summed E-state index contributed by atoms with van der Waals surface area (Å²) in [6.45, 7) is 4.90.